The van der Waals surface area contributed by atoms with Gasteiger partial charge in [0, 0.05) is 17.1 Å². The molecule has 0 radical (unpaired) electrons. The molecule has 1 aromatic carbocycles. The van der Waals surface area contributed by atoms with Crippen molar-refractivity contribution in [1.29, 1.82) is 0 Å². The van der Waals surface area contributed by atoms with Crippen molar-refractivity contribution in [3.05, 3.63) is 23.8 Å². The quantitative estimate of drug-likeness (QED) is 0.879. The second-order valence-corrected chi connectivity index (χ2v) is 5.74. The maximum Gasteiger partial charge on any atom is 0.228 e. The standard InChI is InChI=1S/C14H20N2OS/c1-2-10(9-15)14(17)16-12-5-6-13-11(8-12)4-3-7-18-13/h5-6,8,10H,2-4,7,9,15H2,1H3,(H,16,17). The molecule has 3 N–H and O–H groups in total. The number of amides is 1. The number of carbonyl (C=O) groups is 1. The Bertz CT molecular complexity index is 430. The summed E-state index contributed by atoms with van der Waals surface area (Å²) in [4.78, 5) is 13.3. The van der Waals surface area contributed by atoms with Gasteiger partial charge in [0.05, 0.1) is 5.92 Å². The molecule has 0 bridgehead atoms. The van der Waals surface area contributed by atoms with Gasteiger partial charge in [-0.2, -0.15) is 0 Å². The zero-order chi connectivity index (χ0) is 13.0. The van der Waals surface area contributed by atoms with Crippen LogP contribution in [0.2, 0.25) is 0 Å². The number of hydrogen-bond donors (Lipinski definition) is 2. The number of benzene rings is 1. The van der Waals surface area contributed by atoms with Crippen LogP contribution in [0.3, 0.4) is 0 Å². The molecule has 1 heterocycles. The van der Waals surface area contributed by atoms with E-state index < -0.39 is 0 Å². The molecule has 0 aliphatic carbocycles. The third-order valence-electron chi connectivity index (χ3n) is 3.32. The van der Waals surface area contributed by atoms with Gasteiger partial charge in [-0.3, -0.25) is 4.79 Å². The van der Waals surface area contributed by atoms with E-state index in [1.807, 2.05) is 24.8 Å². The summed E-state index contributed by atoms with van der Waals surface area (Å²) in [5.74, 6) is 1.14. The zero-order valence-corrected chi connectivity index (χ0v) is 11.6. The topological polar surface area (TPSA) is 55.1 Å². The lowest BCUT2D eigenvalue weighted by Gasteiger charge is -2.17. The molecule has 1 atom stereocenters. The van der Waals surface area contributed by atoms with Crippen LogP contribution in [0.1, 0.15) is 25.3 Å². The first-order valence-electron chi connectivity index (χ1n) is 6.51. The van der Waals surface area contributed by atoms with Gasteiger partial charge in [0.1, 0.15) is 0 Å². The fourth-order valence-corrected chi connectivity index (χ4v) is 3.16. The van der Waals surface area contributed by atoms with E-state index in [0.29, 0.717) is 6.54 Å². The van der Waals surface area contributed by atoms with Crippen LogP contribution in [-0.4, -0.2) is 18.2 Å². The summed E-state index contributed by atoms with van der Waals surface area (Å²) in [6.45, 7) is 2.39. The van der Waals surface area contributed by atoms with Crippen molar-refractivity contribution in [2.24, 2.45) is 11.7 Å². The molecule has 98 valence electrons. The number of anilines is 1. The third kappa shape index (κ3) is 3.06. The molecular weight excluding hydrogens is 244 g/mol. The first-order valence-corrected chi connectivity index (χ1v) is 7.49. The summed E-state index contributed by atoms with van der Waals surface area (Å²) in [6, 6.07) is 6.19. The number of aryl methyl sites for hydroxylation is 1. The van der Waals surface area contributed by atoms with E-state index in [2.05, 4.69) is 17.4 Å². The molecule has 0 fully saturated rings. The molecule has 4 heteroatoms. The van der Waals surface area contributed by atoms with Gasteiger partial charge in [0.25, 0.3) is 0 Å². The average molecular weight is 264 g/mol. The number of carbonyl (C=O) groups excluding carboxylic acids is 1. The Morgan fingerprint density at radius 2 is 2.39 bits per heavy atom. The molecule has 1 amide bonds. The number of rotatable bonds is 4. The molecule has 1 aliphatic heterocycles. The minimum atomic E-state index is -0.0876. The molecule has 1 aliphatic rings. The fourth-order valence-electron chi connectivity index (χ4n) is 2.14. The lowest BCUT2D eigenvalue weighted by molar-refractivity contribution is -0.119. The van der Waals surface area contributed by atoms with Gasteiger partial charge in [-0.25, -0.2) is 0 Å². The summed E-state index contributed by atoms with van der Waals surface area (Å²) in [6.07, 6.45) is 3.11. The van der Waals surface area contributed by atoms with Gasteiger partial charge in [-0.15, -0.1) is 11.8 Å². The van der Waals surface area contributed by atoms with Crippen LogP contribution < -0.4 is 11.1 Å². The Hall–Kier alpha value is -1.00. The molecule has 2 rings (SSSR count). The molecule has 18 heavy (non-hydrogen) atoms. The highest BCUT2D eigenvalue weighted by molar-refractivity contribution is 7.99. The maximum absolute atomic E-state index is 11.9. The van der Waals surface area contributed by atoms with Crippen LogP contribution in [0, 0.1) is 5.92 Å². The normalized spacial score (nSPS) is 15.9. The highest BCUT2D eigenvalue weighted by Crippen LogP contribution is 2.31. The van der Waals surface area contributed by atoms with Gasteiger partial charge < -0.3 is 11.1 Å². The van der Waals surface area contributed by atoms with E-state index in [4.69, 9.17) is 5.73 Å². The number of fused-ring (bicyclic) bond motifs is 1. The Balaban J connectivity index is 2.08. The van der Waals surface area contributed by atoms with Crippen LogP contribution >= 0.6 is 11.8 Å². The minimum absolute atomic E-state index is 0.0309. The van der Waals surface area contributed by atoms with E-state index in [1.54, 1.807) is 0 Å². The van der Waals surface area contributed by atoms with E-state index in [0.717, 1.165) is 18.5 Å². The Labute approximate surface area is 113 Å². The monoisotopic (exact) mass is 264 g/mol. The summed E-state index contributed by atoms with van der Waals surface area (Å²) in [5, 5.41) is 2.97. The Kier molecular flexibility index (Phi) is 4.66. The summed E-state index contributed by atoms with van der Waals surface area (Å²) >= 11 is 1.90. The lowest BCUT2D eigenvalue weighted by atomic mass is 10.1. The van der Waals surface area contributed by atoms with E-state index in [1.165, 1.54) is 22.6 Å². The molecule has 0 spiro atoms. The van der Waals surface area contributed by atoms with Crippen molar-refractivity contribution in [2.75, 3.05) is 17.6 Å². The summed E-state index contributed by atoms with van der Waals surface area (Å²) < 4.78 is 0. The van der Waals surface area contributed by atoms with E-state index >= 15 is 0 Å². The number of nitrogens with one attached hydrogen (secondary N) is 1. The van der Waals surface area contributed by atoms with E-state index in [-0.39, 0.29) is 11.8 Å². The van der Waals surface area contributed by atoms with Gasteiger partial charge in [-0.05, 0) is 48.8 Å². The van der Waals surface area contributed by atoms with Crippen LogP contribution in [0.25, 0.3) is 0 Å². The maximum atomic E-state index is 11.9. The summed E-state index contributed by atoms with van der Waals surface area (Å²) in [7, 11) is 0. The fraction of sp³-hybridized carbons (Fsp3) is 0.500. The molecule has 1 unspecified atom stereocenters. The van der Waals surface area contributed by atoms with Crippen molar-refractivity contribution in [1.82, 2.24) is 0 Å². The second-order valence-electron chi connectivity index (χ2n) is 4.60. The first kappa shape index (κ1) is 13.4. The number of nitrogens with two attached hydrogens (primary N) is 1. The van der Waals surface area contributed by atoms with Crippen LogP contribution in [0.4, 0.5) is 5.69 Å². The van der Waals surface area contributed by atoms with Gasteiger partial charge >= 0.3 is 0 Å². The molecule has 0 saturated heterocycles. The molecular formula is C14H20N2OS. The van der Waals surface area contributed by atoms with Gasteiger partial charge in [0.2, 0.25) is 5.91 Å². The predicted octanol–water partition coefficient (Wildman–Crippen LogP) is 2.65. The molecule has 1 aromatic rings. The lowest BCUT2D eigenvalue weighted by Crippen LogP contribution is -2.28. The Morgan fingerprint density at radius 3 is 3.11 bits per heavy atom. The number of hydrogen-bond acceptors (Lipinski definition) is 3. The van der Waals surface area contributed by atoms with Crippen LogP contribution in [-0.2, 0) is 11.2 Å². The molecule has 0 aromatic heterocycles. The molecule has 3 nitrogen and oxygen atoms in total. The van der Waals surface area contributed by atoms with Gasteiger partial charge in [-0.1, -0.05) is 6.92 Å². The van der Waals surface area contributed by atoms with E-state index in [9.17, 15) is 4.79 Å². The second kappa shape index (κ2) is 6.25. The van der Waals surface area contributed by atoms with Crippen molar-refractivity contribution < 1.29 is 4.79 Å². The highest BCUT2D eigenvalue weighted by atomic mass is 32.2. The highest BCUT2D eigenvalue weighted by Gasteiger charge is 2.16. The largest absolute Gasteiger partial charge is 0.330 e. The van der Waals surface area contributed by atoms with Crippen molar-refractivity contribution in [2.45, 2.75) is 31.1 Å². The number of thioether (sulfide) groups is 1. The zero-order valence-electron chi connectivity index (χ0n) is 10.7. The van der Waals surface area contributed by atoms with Crippen LogP contribution in [0.5, 0.6) is 0 Å². The predicted molar refractivity (Wildman–Crippen MR) is 77.0 cm³/mol. The van der Waals surface area contributed by atoms with Crippen LogP contribution in [0.15, 0.2) is 23.1 Å². The smallest absolute Gasteiger partial charge is 0.228 e. The van der Waals surface area contributed by atoms with Crippen molar-refractivity contribution >= 4 is 23.4 Å². The average Bonchev–Trinajstić information content (AvgIpc) is 2.40. The first-order chi connectivity index (χ1) is 8.74. The summed E-state index contributed by atoms with van der Waals surface area (Å²) in [5.41, 5.74) is 7.83. The minimum Gasteiger partial charge on any atom is -0.330 e. The SMILES string of the molecule is CCC(CN)C(=O)Nc1ccc2c(c1)CCCS2. The van der Waals surface area contributed by atoms with Crippen molar-refractivity contribution in [3.8, 4) is 0 Å². The van der Waals surface area contributed by atoms with Gasteiger partial charge in [0.15, 0.2) is 0 Å². The Morgan fingerprint density at radius 1 is 1.56 bits per heavy atom. The third-order valence-corrected chi connectivity index (χ3v) is 4.53. The molecule has 0 saturated carbocycles. The van der Waals surface area contributed by atoms with Crippen molar-refractivity contribution in [3.63, 3.8) is 0 Å².